The van der Waals surface area contributed by atoms with Crippen LogP contribution in [0.3, 0.4) is 0 Å². The van der Waals surface area contributed by atoms with Gasteiger partial charge in [-0.15, -0.1) is 0 Å². The van der Waals surface area contributed by atoms with Crippen LogP contribution < -0.4 is 15.5 Å². The number of anilines is 3. The molecule has 3 heterocycles. The molecule has 4 rings (SSSR count). The molecule has 1 saturated heterocycles. The molecule has 0 radical (unpaired) electrons. The third-order valence-corrected chi connectivity index (χ3v) is 5.34. The minimum absolute atomic E-state index is 0.134. The van der Waals surface area contributed by atoms with Crippen LogP contribution in [-0.2, 0) is 4.74 Å². The number of aromatic nitrogens is 2. The van der Waals surface area contributed by atoms with Crippen molar-refractivity contribution in [3.8, 4) is 0 Å². The molecule has 0 spiro atoms. The molecule has 10 heteroatoms. The molecule has 0 bridgehead atoms. The van der Waals surface area contributed by atoms with Crippen molar-refractivity contribution in [1.82, 2.24) is 9.97 Å². The maximum absolute atomic E-state index is 13.5. The molecule has 30 heavy (non-hydrogen) atoms. The van der Waals surface area contributed by atoms with E-state index < -0.39 is 17.7 Å². The first-order valence-electron chi connectivity index (χ1n) is 9.42. The Morgan fingerprint density at radius 1 is 1.30 bits per heavy atom. The van der Waals surface area contributed by atoms with E-state index in [4.69, 9.17) is 16.3 Å². The fraction of sp³-hybridized carbons (Fsp3) is 0.300. The number of methoxy groups -OCH3 is 1. The number of rotatable bonds is 4. The van der Waals surface area contributed by atoms with E-state index in [1.54, 1.807) is 13.2 Å². The first-order valence-corrected chi connectivity index (χ1v) is 9.80. The molecule has 1 aromatic carbocycles. The Balaban J connectivity index is 1.45. The highest BCUT2D eigenvalue weighted by Gasteiger charge is 2.22. The summed E-state index contributed by atoms with van der Waals surface area (Å²) in [7, 11) is 1.69. The number of aromatic amines is 1. The summed E-state index contributed by atoms with van der Waals surface area (Å²) in [6.07, 6.45) is 5.08. The zero-order valence-electron chi connectivity index (χ0n) is 16.1. The lowest BCUT2D eigenvalue weighted by Crippen LogP contribution is -2.39. The van der Waals surface area contributed by atoms with Crippen molar-refractivity contribution in [2.75, 3.05) is 35.7 Å². The highest BCUT2D eigenvalue weighted by Crippen LogP contribution is 2.29. The van der Waals surface area contributed by atoms with Crippen molar-refractivity contribution >= 4 is 45.7 Å². The largest absolute Gasteiger partial charge is 0.380 e. The molecule has 0 saturated carbocycles. The third-order valence-electron chi connectivity index (χ3n) is 5.06. The highest BCUT2D eigenvalue weighted by atomic mass is 35.5. The van der Waals surface area contributed by atoms with Gasteiger partial charge >= 0.3 is 6.03 Å². The zero-order chi connectivity index (χ0) is 21.3. The number of pyridine rings is 1. The normalized spacial score (nSPS) is 16.7. The van der Waals surface area contributed by atoms with Gasteiger partial charge in [0.25, 0.3) is 0 Å². The minimum Gasteiger partial charge on any atom is -0.380 e. The highest BCUT2D eigenvalue weighted by molar-refractivity contribution is 6.33. The second-order valence-corrected chi connectivity index (χ2v) is 7.48. The third kappa shape index (κ3) is 4.17. The molecule has 0 unspecified atom stereocenters. The number of H-pyrrole nitrogens is 1. The number of piperidine rings is 1. The number of ether oxygens (including phenoxy) is 1. The van der Waals surface area contributed by atoms with Gasteiger partial charge in [-0.05, 0) is 25.0 Å². The summed E-state index contributed by atoms with van der Waals surface area (Å²) >= 11 is 6.39. The van der Waals surface area contributed by atoms with Crippen molar-refractivity contribution < 1.29 is 18.3 Å². The SMILES string of the molecule is CO[C@@H]1CCCN(c2ncc(NC(=O)Nc3c[nH]c4cc(F)c(F)cc34)cc2Cl)C1. The van der Waals surface area contributed by atoms with Crippen molar-refractivity contribution in [1.29, 1.82) is 0 Å². The van der Waals surface area contributed by atoms with Gasteiger partial charge in [-0.25, -0.2) is 18.6 Å². The number of carbonyl (C=O) groups excluding carboxylic acids is 1. The molecule has 7 nitrogen and oxygen atoms in total. The second kappa shape index (κ2) is 8.45. The standard InChI is InChI=1S/C20H20ClF2N5O2/c1-30-12-3-2-4-28(10-12)19-14(21)5-11(8-25-19)26-20(29)27-18-9-24-17-7-16(23)15(22)6-13(17)18/h5-9,12,24H,2-4,10H2,1H3,(H2,26,27,29)/t12-/m1/s1. The first-order chi connectivity index (χ1) is 14.4. The molecule has 3 N–H and O–H groups in total. The first kappa shape index (κ1) is 20.4. The molecule has 1 aliphatic heterocycles. The summed E-state index contributed by atoms with van der Waals surface area (Å²) in [6, 6.07) is 3.11. The summed E-state index contributed by atoms with van der Waals surface area (Å²) in [4.78, 5) is 21.6. The fourth-order valence-corrected chi connectivity index (χ4v) is 3.85. The molecule has 158 valence electrons. The quantitative estimate of drug-likeness (QED) is 0.552. The van der Waals surface area contributed by atoms with Gasteiger partial charge in [-0.3, -0.25) is 0 Å². The number of amides is 2. The Morgan fingerprint density at radius 2 is 2.10 bits per heavy atom. The number of carbonyl (C=O) groups is 1. The number of hydrogen-bond donors (Lipinski definition) is 3. The van der Waals surface area contributed by atoms with E-state index in [1.165, 1.54) is 12.4 Å². The number of urea groups is 1. The average molecular weight is 436 g/mol. The molecular weight excluding hydrogens is 416 g/mol. The number of hydrogen-bond acceptors (Lipinski definition) is 4. The lowest BCUT2D eigenvalue weighted by molar-refractivity contribution is 0.0891. The van der Waals surface area contributed by atoms with Crippen molar-refractivity contribution in [2.24, 2.45) is 0 Å². The van der Waals surface area contributed by atoms with Crippen LogP contribution in [0.15, 0.2) is 30.6 Å². The van der Waals surface area contributed by atoms with Gasteiger partial charge in [0.1, 0.15) is 5.82 Å². The van der Waals surface area contributed by atoms with Gasteiger partial charge in [-0.1, -0.05) is 11.6 Å². The van der Waals surface area contributed by atoms with Gasteiger partial charge in [0.05, 0.1) is 34.2 Å². The topological polar surface area (TPSA) is 82.3 Å². The van der Waals surface area contributed by atoms with Crippen molar-refractivity contribution in [3.63, 3.8) is 0 Å². The second-order valence-electron chi connectivity index (χ2n) is 7.07. The van der Waals surface area contributed by atoms with Gasteiger partial charge < -0.3 is 25.3 Å². The van der Waals surface area contributed by atoms with E-state index in [0.29, 0.717) is 39.7 Å². The zero-order valence-corrected chi connectivity index (χ0v) is 16.9. The molecule has 1 fully saturated rings. The van der Waals surface area contributed by atoms with E-state index in [9.17, 15) is 13.6 Å². The van der Waals surface area contributed by atoms with Crippen molar-refractivity contribution in [2.45, 2.75) is 18.9 Å². The van der Waals surface area contributed by atoms with Gasteiger partial charge in [0, 0.05) is 37.8 Å². The monoisotopic (exact) mass is 435 g/mol. The van der Waals surface area contributed by atoms with Crippen LogP contribution in [0.1, 0.15) is 12.8 Å². The summed E-state index contributed by atoms with van der Waals surface area (Å²) < 4.78 is 32.3. The van der Waals surface area contributed by atoms with Crippen LogP contribution in [-0.4, -0.2) is 42.3 Å². The Kier molecular flexibility index (Phi) is 5.74. The summed E-state index contributed by atoms with van der Waals surface area (Å²) in [5, 5.41) is 6.01. The van der Waals surface area contributed by atoms with Crippen LogP contribution >= 0.6 is 11.6 Å². The van der Waals surface area contributed by atoms with E-state index in [0.717, 1.165) is 31.5 Å². The van der Waals surface area contributed by atoms with Gasteiger partial charge in [0.15, 0.2) is 11.6 Å². The van der Waals surface area contributed by atoms with Crippen molar-refractivity contribution in [3.05, 3.63) is 47.2 Å². The molecule has 2 aromatic heterocycles. The van der Waals surface area contributed by atoms with Crippen LogP contribution in [0.5, 0.6) is 0 Å². The van der Waals surface area contributed by atoms with E-state index >= 15 is 0 Å². The Labute approximate surface area is 176 Å². The predicted octanol–water partition coefficient (Wildman–Crippen LogP) is 4.75. The van der Waals surface area contributed by atoms with Gasteiger partial charge in [0.2, 0.25) is 0 Å². The van der Waals surface area contributed by atoms with Crippen LogP contribution in [0.25, 0.3) is 10.9 Å². The Hall–Kier alpha value is -2.91. The number of nitrogens with zero attached hydrogens (tertiary/aromatic N) is 2. The molecular formula is C20H20ClF2N5O2. The molecule has 3 aromatic rings. The Bertz CT molecular complexity index is 1090. The minimum atomic E-state index is -0.995. The summed E-state index contributed by atoms with van der Waals surface area (Å²) in [6.45, 7) is 1.53. The van der Waals surface area contributed by atoms with E-state index in [2.05, 4.69) is 25.5 Å². The lowest BCUT2D eigenvalue weighted by Gasteiger charge is -2.33. The number of halogens is 3. The molecule has 0 aliphatic carbocycles. The summed E-state index contributed by atoms with van der Waals surface area (Å²) in [5.41, 5.74) is 1.09. The number of fused-ring (bicyclic) bond motifs is 1. The molecule has 1 atom stereocenters. The van der Waals surface area contributed by atoms with Crippen LogP contribution in [0, 0.1) is 11.6 Å². The number of benzene rings is 1. The van der Waals surface area contributed by atoms with Crippen LogP contribution in [0.2, 0.25) is 5.02 Å². The number of nitrogens with one attached hydrogen (secondary N) is 3. The van der Waals surface area contributed by atoms with Crippen LogP contribution in [0.4, 0.5) is 30.8 Å². The fourth-order valence-electron chi connectivity index (χ4n) is 3.56. The molecule has 1 aliphatic rings. The molecule has 2 amide bonds. The van der Waals surface area contributed by atoms with E-state index in [-0.39, 0.29) is 6.10 Å². The van der Waals surface area contributed by atoms with Gasteiger partial charge in [-0.2, -0.15) is 0 Å². The summed E-state index contributed by atoms with van der Waals surface area (Å²) in [5.74, 6) is -1.32. The smallest absolute Gasteiger partial charge is 0.323 e. The Morgan fingerprint density at radius 3 is 2.87 bits per heavy atom. The maximum Gasteiger partial charge on any atom is 0.323 e. The predicted molar refractivity (Wildman–Crippen MR) is 112 cm³/mol. The van der Waals surface area contributed by atoms with E-state index in [1.807, 2.05) is 0 Å². The lowest BCUT2D eigenvalue weighted by atomic mass is 10.1. The maximum atomic E-state index is 13.5. The average Bonchev–Trinajstić information content (AvgIpc) is 3.09.